The summed E-state index contributed by atoms with van der Waals surface area (Å²) < 4.78 is 0. The smallest absolute Gasteiger partial charge is 0.269 e. The lowest BCUT2D eigenvalue weighted by molar-refractivity contribution is -0.384. The summed E-state index contributed by atoms with van der Waals surface area (Å²) in [7, 11) is 0. The molecule has 0 aromatic heterocycles. The van der Waals surface area contributed by atoms with Crippen LogP contribution in [-0.2, 0) is 19.9 Å². The summed E-state index contributed by atoms with van der Waals surface area (Å²) in [6.45, 7) is 2.46. The first-order valence-electron chi connectivity index (χ1n) is 10.8. The summed E-state index contributed by atoms with van der Waals surface area (Å²) in [5.74, 6) is -2.72. The van der Waals surface area contributed by atoms with Gasteiger partial charge in [-0.2, -0.15) is 0 Å². The normalized spacial score (nSPS) is 30.1. The molecule has 1 N–H and O–H groups in total. The zero-order valence-electron chi connectivity index (χ0n) is 17.6. The molecule has 3 saturated heterocycles. The van der Waals surface area contributed by atoms with E-state index in [9.17, 15) is 24.5 Å². The summed E-state index contributed by atoms with van der Waals surface area (Å²) in [5, 5.41) is 14.4. The van der Waals surface area contributed by atoms with Crippen molar-refractivity contribution in [2.24, 2.45) is 11.8 Å². The highest BCUT2D eigenvalue weighted by atomic mass is 35.5. The molecule has 0 aliphatic carbocycles. The number of nitro benzene ring substituents is 1. The number of amides is 3. The topological polar surface area (TPSA) is 113 Å². The number of rotatable bonds is 2. The van der Waals surface area contributed by atoms with Crippen LogP contribution in [0.2, 0.25) is 5.02 Å². The van der Waals surface area contributed by atoms with Crippen LogP contribution in [0.15, 0.2) is 36.4 Å². The maximum atomic E-state index is 13.9. The fraction of sp³-hybridized carbons (Fsp3) is 0.348. The minimum absolute atomic E-state index is 0.134. The molecule has 1 spiro atoms. The average molecular weight is 467 g/mol. The number of fused-ring (bicyclic) bond motifs is 7. The molecule has 4 heterocycles. The van der Waals surface area contributed by atoms with Crippen LogP contribution in [0.4, 0.5) is 17.1 Å². The lowest BCUT2D eigenvalue weighted by Gasteiger charge is -2.36. The van der Waals surface area contributed by atoms with Gasteiger partial charge in [-0.1, -0.05) is 11.6 Å². The third-order valence-electron chi connectivity index (χ3n) is 7.58. The number of nitrogens with zero attached hydrogens (tertiary/aromatic N) is 3. The van der Waals surface area contributed by atoms with Crippen molar-refractivity contribution in [3.05, 3.63) is 62.7 Å². The third-order valence-corrected chi connectivity index (χ3v) is 7.80. The van der Waals surface area contributed by atoms with E-state index in [1.165, 1.54) is 24.3 Å². The first kappa shape index (κ1) is 20.3. The Morgan fingerprint density at radius 3 is 2.58 bits per heavy atom. The molecular formula is C23H19ClN4O5. The van der Waals surface area contributed by atoms with Crippen LogP contribution < -0.4 is 10.2 Å². The predicted octanol–water partition coefficient (Wildman–Crippen LogP) is 2.99. The molecule has 2 aromatic carbocycles. The largest absolute Gasteiger partial charge is 0.324 e. The Balaban J connectivity index is 1.53. The van der Waals surface area contributed by atoms with Gasteiger partial charge < -0.3 is 5.32 Å². The van der Waals surface area contributed by atoms with Gasteiger partial charge in [0.25, 0.3) is 5.69 Å². The molecule has 2 aromatic rings. The van der Waals surface area contributed by atoms with E-state index in [1.54, 1.807) is 12.1 Å². The van der Waals surface area contributed by atoms with Crippen LogP contribution in [0.3, 0.4) is 0 Å². The molecule has 9 nitrogen and oxygen atoms in total. The van der Waals surface area contributed by atoms with E-state index in [-0.39, 0.29) is 29.2 Å². The number of carbonyl (C=O) groups excluding carboxylic acids is 3. The molecule has 4 unspecified atom stereocenters. The van der Waals surface area contributed by atoms with Crippen molar-refractivity contribution in [2.75, 3.05) is 16.8 Å². The van der Waals surface area contributed by atoms with Crippen LogP contribution >= 0.6 is 11.6 Å². The van der Waals surface area contributed by atoms with Crippen LogP contribution in [0, 0.1) is 28.9 Å². The Morgan fingerprint density at radius 1 is 1.15 bits per heavy atom. The van der Waals surface area contributed by atoms with Crippen molar-refractivity contribution >= 4 is 46.4 Å². The summed E-state index contributed by atoms with van der Waals surface area (Å²) in [6.07, 6.45) is 1.52. The summed E-state index contributed by atoms with van der Waals surface area (Å²) in [5.41, 5.74) is 0.912. The zero-order valence-corrected chi connectivity index (χ0v) is 18.3. The number of non-ortho nitro benzene ring substituents is 1. The second kappa shape index (κ2) is 6.61. The third kappa shape index (κ3) is 2.38. The van der Waals surface area contributed by atoms with E-state index in [2.05, 4.69) is 5.32 Å². The number of benzene rings is 2. The van der Waals surface area contributed by atoms with E-state index >= 15 is 0 Å². The Hall–Kier alpha value is -3.30. The fourth-order valence-electron chi connectivity index (χ4n) is 6.41. The lowest BCUT2D eigenvalue weighted by atomic mass is 9.75. The molecule has 4 aliphatic heterocycles. The number of imide groups is 1. The summed E-state index contributed by atoms with van der Waals surface area (Å²) in [4.78, 5) is 54.8. The number of nitrogens with one attached hydrogen (secondary N) is 1. The van der Waals surface area contributed by atoms with Crippen LogP contribution in [0.5, 0.6) is 0 Å². The number of carbonyl (C=O) groups is 3. The SMILES string of the molecule is Cc1cc(Cl)cc2c1NC(=O)C21C2C(=O)N(c3ccc([N+](=O)[O-])cc3)C(=O)C2C2CCCN21. The molecule has 6 rings (SSSR count). The summed E-state index contributed by atoms with van der Waals surface area (Å²) in [6, 6.07) is 8.58. The Bertz CT molecular complexity index is 1280. The molecule has 10 heteroatoms. The average Bonchev–Trinajstić information content (AvgIpc) is 3.47. The molecule has 0 bridgehead atoms. The van der Waals surface area contributed by atoms with Gasteiger partial charge in [0.15, 0.2) is 0 Å². The van der Waals surface area contributed by atoms with Gasteiger partial charge in [0.1, 0.15) is 5.54 Å². The molecule has 0 saturated carbocycles. The van der Waals surface area contributed by atoms with Gasteiger partial charge in [0, 0.05) is 34.4 Å². The summed E-state index contributed by atoms with van der Waals surface area (Å²) >= 11 is 6.38. The molecule has 168 valence electrons. The first-order chi connectivity index (χ1) is 15.8. The van der Waals surface area contributed by atoms with Gasteiger partial charge in [-0.25, -0.2) is 4.90 Å². The number of hydrogen-bond acceptors (Lipinski definition) is 6. The van der Waals surface area contributed by atoms with Gasteiger partial charge in [-0.3, -0.25) is 29.4 Å². The maximum Gasteiger partial charge on any atom is 0.269 e. The number of hydrogen-bond donors (Lipinski definition) is 1. The van der Waals surface area contributed by atoms with Crippen LogP contribution in [0.25, 0.3) is 0 Å². The van der Waals surface area contributed by atoms with Crippen molar-refractivity contribution in [3.63, 3.8) is 0 Å². The predicted molar refractivity (Wildman–Crippen MR) is 119 cm³/mol. The number of nitro groups is 1. The number of halogens is 1. The fourth-order valence-corrected chi connectivity index (χ4v) is 6.69. The highest BCUT2D eigenvalue weighted by molar-refractivity contribution is 6.31. The first-order valence-corrected chi connectivity index (χ1v) is 11.2. The van der Waals surface area contributed by atoms with Gasteiger partial charge >= 0.3 is 0 Å². The lowest BCUT2D eigenvalue weighted by Crippen LogP contribution is -2.54. The molecule has 3 amide bonds. The van der Waals surface area contributed by atoms with Crippen LogP contribution in [-0.4, -0.2) is 40.1 Å². The van der Waals surface area contributed by atoms with E-state index in [4.69, 9.17) is 11.6 Å². The Kier molecular flexibility index (Phi) is 4.07. The maximum absolute atomic E-state index is 13.9. The molecule has 0 radical (unpaired) electrons. The second-order valence-electron chi connectivity index (χ2n) is 9.06. The highest BCUT2D eigenvalue weighted by Crippen LogP contribution is 2.61. The van der Waals surface area contributed by atoms with Crippen molar-refractivity contribution in [3.8, 4) is 0 Å². The molecule has 4 atom stereocenters. The van der Waals surface area contributed by atoms with Crippen molar-refractivity contribution in [2.45, 2.75) is 31.3 Å². The van der Waals surface area contributed by atoms with Crippen molar-refractivity contribution in [1.29, 1.82) is 0 Å². The standard InChI is InChI=1S/C23H19ClN4O5/c1-11-9-12(24)10-15-19(11)25-22(31)23(15)18-17(16-3-2-8-26(16)23)20(29)27(21(18)30)13-4-6-14(7-5-13)28(32)33/h4-7,9-10,16-18H,2-3,8H2,1H3,(H,25,31). The van der Waals surface area contributed by atoms with Crippen molar-refractivity contribution < 1.29 is 19.3 Å². The number of anilines is 2. The highest BCUT2D eigenvalue weighted by Gasteiger charge is 2.74. The monoisotopic (exact) mass is 466 g/mol. The van der Waals surface area contributed by atoms with E-state index < -0.39 is 28.2 Å². The van der Waals surface area contributed by atoms with Crippen LogP contribution in [0.1, 0.15) is 24.0 Å². The second-order valence-corrected chi connectivity index (χ2v) is 9.49. The minimum Gasteiger partial charge on any atom is -0.324 e. The van der Waals surface area contributed by atoms with Gasteiger partial charge in [0.05, 0.1) is 22.4 Å². The minimum atomic E-state index is -1.31. The van der Waals surface area contributed by atoms with Gasteiger partial charge in [-0.15, -0.1) is 0 Å². The Morgan fingerprint density at radius 2 is 1.88 bits per heavy atom. The van der Waals surface area contributed by atoms with E-state index in [0.717, 1.165) is 16.9 Å². The van der Waals surface area contributed by atoms with E-state index in [0.29, 0.717) is 29.2 Å². The van der Waals surface area contributed by atoms with Gasteiger partial charge in [-0.05, 0) is 56.1 Å². The van der Waals surface area contributed by atoms with Gasteiger partial charge in [0.2, 0.25) is 17.7 Å². The number of aryl methyl sites for hydroxylation is 1. The quantitative estimate of drug-likeness (QED) is 0.413. The molecule has 33 heavy (non-hydrogen) atoms. The zero-order chi connectivity index (χ0) is 23.2. The molecule has 3 fully saturated rings. The van der Waals surface area contributed by atoms with E-state index in [1.807, 2.05) is 11.8 Å². The molecule has 4 aliphatic rings. The van der Waals surface area contributed by atoms with Crippen molar-refractivity contribution in [1.82, 2.24) is 4.90 Å². The Labute approximate surface area is 193 Å². The molecular weight excluding hydrogens is 448 g/mol.